The van der Waals surface area contributed by atoms with Crippen LogP contribution in [0.5, 0.6) is 23.0 Å². The Morgan fingerprint density at radius 2 is 0.833 bits per heavy atom. The number of fused-ring (bicyclic) bond motifs is 1. The van der Waals surface area contributed by atoms with Crippen molar-refractivity contribution < 1.29 is 19.1 Å². The van der Waals surface area contributed by atoms with Crippen LogP contribution in [0.1, 0.15) is 37.4 Å². The monoisotopic (exact) mass is 568 g/mol. The van der Waals surface area contributed by atoms with Gasteiger partial charge in [-0.3, -0.25) is 9.59 Å². The second kappa shape index (κ2) is 11.7. The Labute approximate surface area is 248 Å². The molecule has 0 amide bonds. The molecule has 0 fully saturated rings. The van der Waals surface area contributed by atoms with Crippen LogP contribution in [0.4, 0.5) is 0 Å². The highest BCUT2D eigenvalue weighted by Crippen LogP contribution is 2.36. The highest BCUT2D eigenvalue weighted by Gasteiger charge is 2.13. The first-order chi connectivity index (χ1) is 20.4. The molecule has 0 atom stereocenters. The largest absolute Gasteiger partial charge is 0.457 e. The van der Waals surface area contributed by atoms with Gasteiger partial charge < -0.3 is 9.47 Å². The highest BCUT2D eigenvalue weighted by molar-refractivity contribution is 6.30. The zero-order valence-electron chi connectivity index (χ0n) is 22.7. The van der Waals surface area contributed by atoms with Crippen molar-refractivity contribution in [1.29, 1.82) is 0 Å². The molecular weight excluding hydrogens is 544 g/mol. The average Bonchev–Trinajstić information content (AvgIpc) is 3.02. The number of ether oxygens (including phenoxy) is 2. The van der Waals surface area contributed by atoms with E-state index in [0.717, 1.165) is 16.3 Å². The van der Waals surface area contributed by atoms with Crippen molar-refractivity contribution in [3.8, 4) is 23.0 Å². The van der Waals surface area contributed by atoms with Gasteiger partial charge in [0, 0.05) is 38.0 Å². The fourth-order valence-electron chi connectivity index (χ4n) is 4.67. The summed E-state index contributed by atoms with van der Waals surface area (Å²) in [6.07, 6.45) is 0. The van der Waals surface area contributed by atoms with Gasteiger partial charge >= 0.3 is 0 Å². The SMILES string of the molecule is Cc1ccc(C(=O)c2ccc(Oc3cccc4c(Oc5ccc(C(=O)c6ccc(Cl)cc6)cc5)cccc34)cc2)cc1. The molecule has 6 aromatic carbocycles. The summed E-state index contributed by atoms with van der Waals surface area (Å²) >= 11 is 5.94. The minimum absolute atomic E-state index is 0.0316. The molecule has 0 radical (unpaired) electrons. The van der Waals surface area contributed by atoms with Gasteiger partial charge in [-0.05, 0) is 91.9 Å². The topological polar surface area (TPSA) is 52.6 Å². The van der Waals surface area contributed by atoms with E-state index in [2.05, 4.69) is 0 Å². The maximum absolute atomic E-state index is 12.8. The molecule has 5 heteroatoms. The third kappa shape index (κ3) is 5.80. The van der Waals surface area contributed by atoms with Crippen LogP contribution >= 0.6 is 11.6 Å². The molecule has 0 unspecified atom stereocenters. The van der Waals surface area contributed by atoms with Crippen molar-refractivity contribution in [3.05, 3.63) is 166 Å². The molecule has 0 N–H and O–H groups in total. The Balaban J connectivity index is 1.19. The van der Waals surface area contributed by atoms with E-state index in [1.54, 1.807) is 72.8 Å². The standard InChI is InChI=1S/C37H25ClO4/c1-24-8-10-25(11-9-24)36(39)27-14-20-30(21-15-27)41-34-6-2-5-33-32(34)4-3-7-35(33)42-31-22-16-28(17-23-31)37(40)26-12-18-29(38)19-13-26/h2-23H,1H3. The third-order valence-corrected chi connectivity index (χ3v) is 7.20. The van der Waals surface area contributed by atoms with Crippen molar-refractivity contribution in [1.82, 2.24) is 0 Å². The van der Waals surface area contributed by atoms with E-state index in [0.29, 0.717) is 50.3 Å². The van der Waals surface area contributed by atoms with Gasteiger partial charge in [-0.1, -0.05) is 65.7 Å². The molecule has 6 aromatic rings. The zero-order valence-corrected chi connectivity index (χ0v) is 23.5. The van der Waals surface area contributed by atoms with Gasteiger partial charge in [0.25, 0.3) is 0 Å². The second-order valence-corrected chi connectivity index (χ2v) is 10.3. The summed E-state index contributed by atoms with van der Waals surface area (Å²) in [5.74, 6) is 2.44. The number of ketones is 2. The Kier molecular flexibility index (Phi) is 7.54. The van der Waals surface area contributed by atoms with Gasteiger partial charge in [-0.25, -0.2) is 0 Å². The van der Waals surface area contributed by atoms with E-state index in [4.69, 9.17) is 21.1 Å². The lowest BCUT2D eigenvalue weighted by atomic mass is 10.0. The molecule has 6 rings (SSSR count). The van der Waals surface area contributed by atoms with E-state index in [1.807, 2.05) is 67.6 Å². The normalized spacial score (nSPS) is 10.8. The van der Waals surface area contributed by atoms with E-state index in [-0.39, 0.29) is 11.6 Å². The molecule has 0 saturated carbocycles. The Morgan fingerprint density at radius 3 is 1.24 bits per heavy atom. The number of carbonyl (C=O) groups excluding carboxylic acids is 2. The maximum atomic E-state index is 12.8. The van der Waals surface area contributed by atoms with Crippen LogP contribution in [0, 0.1) is 6.92 Å². The van der Waals surface area contributed by atoms with Crippen molar-refractivity contribution in [2.75, 3.05) is 0 Å². The molecule has 0 saturated heterocycles. The summed E-state index contributed by atoms with van der Waals surface area (Å²) in [5, 5.41) is 2.34. The minimum atomic E-state index is -0.0854. The Hall–Kier alpha value is -5.19. The van der Waals surface area contributed by atoms with Crippen molar-refractivity contribution >= 4 is 33.9 Å². The summed E-state index contributed by atoms with van der Waals surface area (Å²) in [6, 6.07) is 40.1. The van der Waals surface area contributed by atoms with Gasteiger partial charge in [0.15, 0.2) is 11.6 Å². The molecular formula is C37H25ClO4. The molecule has 0 aliphatic heterocycles. The number of halogens is 1. The van der Waals surface area contributed by atoms with Gasteiger partial charge in [0.2, 0.25) is 0 Å². The first kappa shape index (κ1) is 27.0. The van der Waals surface area contributed by atoms with E-state index in [9.17, 15) is 9.59 Å². The van der Waals surface area contributed by atoms with Crippen molar-refractivity contribution in [2.45, 2.75) is 6.92 Å². The van der Waals surface area contributed by atoms with Crippen LogP contribution in [-0.4, -0.2) is 11.6 Å². The molecule has 42 heavy (non-hydrogen) atoms. The first-order valence-corrected chi connectivity index (χ1v) is 13.8. The number of benzene rings is 6. The fourth-order valence-corrected chi connectivity index (χ4v) is 4.80. The number of hydrogen-bond acceptors (Lipinski definition) is 4. The number of hydrogen-bond donors (Lipinski definition) is 0. The smallest absolute Gasteiger partial charge is 0.193 e. The summed E-state index contributed by atoms with van der Waals surface area (Å²) in [5.41, 5.74) is 3.49. The number of aryl methyl sites for hydroxylation is 1. The summed E-state index contributed by atoms with van der Waals surface area (Å²) in [6.45, 7) is 1.99. The van der Waals surface area contributed by atoms with Crippen LogP contribution in [0.15, 0.2) is 133 Å². The Morgan fingerprint density at radius 1 is 0.476 bits per heavy atom. The third-order valence-electron chi connectivity index (χ3n) is 6.95. The lowest BCUT2D eigenvalue weighted by molar-refractivity contribution is 0.103. The van der Waals surface area contributed by atoms with Gasteiger partial charge in [0.1, 0.15) is 23.0 Å². The van der Waals surface area contributed by atoms with Crippen LogP contribution < -0.4 is 9.47 Å². The summed E-state index contributed by atoms with van der Waals surface area (Å²) in [4.78, 5) is 25.6. The molecule has 0 bridgehead atoms. The van der Waals surface area contributed by atoms with E-state index >= 15 is 0 Å². The Bertz CT molecular complexity index is 1750. The molecule has 0 aliphatic rings. The van der Waals surface area contributed by atoms with Gasteiger partial charge in [-0.2, -0.15) is 0 Å². The molecule has 0 spiro atoms. The van der Waals surface area contributed by atoms with Crippen molar-refractivity contribution in [3.63, 3.8) is 0 Å². The summed E-state index contributed by atoms with van der Waals surface area (Å²) in [7, 11) is 0. The van der Waals surface area contributed by atoms with Crippen LogP contribution in [0.2, 0.25) is 5.02 Å². The summed E-state index contributed by atoms with van der Waals surface area (Å²) < 4.78 is 12.5. The highest BCUT2D eigenvalue weighted by atomic mass is 35.5. The maximum Gasteiger partial charge on any atom is 0.193 e. The van der Waals surface area contributed by atoms with E-state index in [1.165, 1.54) is 0 Å². The van der Waals surface area contributed by atoms with E-state index < -0.39 is 0 Å². The number of rotatable bonds is 8. The molecule has 0 heterocycles. The van der Waals surface area contributed by atoms with Crippen LogP contribution in [0.25, 0.3) is 10.8 Å². The zero-order chi connectivity index (χ0) is 29.1. The average molecular weight is 569 g/mol. The molecule has 204 valence electrons. The fraction of sp³-hybridized carbons (Fsp3) is 0.0270. The predicted octanol–water partition coefficient (Wildman–Crippen LogP) is 9.85. The predicted molar refractivity (Wildman–Crippen MR) is 166 cm³/mol. The molecule has 4 nitrogen and oxygen atoms in total. The molecule has 0 aromatic heterocycles. The lowest BCUT2D eigenvalue weighted by Gasteiger charge is -2.13. The van der Waals surface area contributed by atoms with Gasteiger partial charge in [-0.15, -0.1) is 0 Å². The quantitative estimate of drug-likeness (QED) is 0.171. The first-order valence-electron chi connectivity index (χ1n) is 13.4. The van der Waals surface area contributed by atoms with Crippen LogP contribution in [-0.2, 0) is 0 Å². The van der Waals surface area contributed by atoms with Crippen LogP contribution in [0.3, 0.4) is 0 Å². The van der Waals surface area contributed by atoms with Crippen molar-refractivity contribution in [2.24, 2.45) is 0 Å². The van der Waals surface area contributed by atoms with Gasteiger partial charge in [0.05, 0.1) is 0 Å². The molecule has 0 aliphatic carbocycles. The lowest BCUT2D eigenvalue weighted by Crippen LogP contribution is -2.01. The minimum Gasteiger partial charge on any atom is -0.457 e. The second-order valence-electron chi connectivity index (χ2n) is 9.89. The number of carbonyl (C=O) groups is 2.